The summed E-state index contributed by atoms with van der Waals surface area (Å²) in [4.78, 5) is 0.208. The van der Waals surface area contributed by atoms with Crippen molar-refractivity contribution in [3.63, 3.8) is 0 Å². The molecular formula is C15H24N2O3S. The number of hydrogen-bond acceptors (Lipinski definition) is 4. The first kappa shape index (κ1) is 16.3. The molecule has 0 amide bonds. The zero-order chi connectivity index (χ0) is 15.6. The summed E-state index contributed by atoms with van der Waals surface area (Å²) >= 11 is 0. The molecule has 1 aromatic carbocycles. The maximum Gasteiger partial charge on any atom is 0.240 e. The largest absolute Gasteiger partial charge is 0.398 e. The Labute approximate surface area is 126 Å². The van der Waals surface area contributed by atoms with Gasteiger partial charge in [-0.1, -0.05) is 6.42 Å². The first-order valence-corrected chi connectivity index (χ1v) is 8.82. The van der Waals surface area contributed by atoms with Gasteiger partial charge >= 0.3 is 0 Å². The van der Waals surface area contributed by atoms with Crippen molar-refractivity contribution < 1.29 is 13.5 Å². The normalized spacial score (nSPS) is 23.2. The van der Waals surface area contributed by atoms with Crippen LogP contribution in [0.25, 0.3) is 0 Å². The maximum absolute atomic E-state index is 12.3. The van der Waals surface area contributed by atoms with Gasteiger partial charge in [0, 0.05) is 12.2 Å². The van der Waals surface area contributed by atoms with E-state index in [1.54, 1.807) is 6.07 Å². The fourth-order valence-electron chi connectivity index (χ4n) is 2.77. The van der Waals surface area contributed by atoms with Gasteiger partial charge in [0.1, 0.15) is 0 Å². The summed E-state index contributed by atoms with van der Waals surface area (Å²) in [6.45, 7) is 4.09. The molecular weight excluding hydrogens is 288 g/mol. The van der Waals surface area contributed by atoms with Gasteiger partial charge in [-0.2, -0.15) is 0 Å². The van der Waals surface area contributed by atoms with Crippen LogP contribution in [0, 0.1) is 19.8 Å². The number of anilines is 1. The Morgan fingerprint density at radius 2 is 2.05 bits per heavy atom. The number of hydrogen-bond donors (Lipinski definition) is 3. The molecule has 118 valence electrons. The van der Waals surface area contributed by atoms with Crippen LogP contribution in [-0.2, 0) is 10.0 Å². The standard InChI is InChI=1S/C15H24N2O3S/c1-10-6-14(8-15(16)11(10)2)21(19,20)17-9-12-4-3-5-13(18)7-12/h6,8,12-13,17-18H,3-5,7,9,16H2,1-2H3. The third-order valence-corrected chi connectivity index (χ3v) is 5.71. The van der Waals surface area contributed by atoms with E-state index in [-0.39, 0.29) is 16.9 Å². The van der Waals surface area contributed by atoms with E-state index in [1.807, 2.05) is 13.8 Å². The van der Waals surface area contributed by atoms with Crippen LogP contribution >= 0.6 is 0 Å². The van der Waals surface area contributed by atoms with Gasteiger partial charge in [0.05, 0.1) is 11.0 Å². The van der Waals surface area contributed by atoms with Crippen LogP contribution in [0.4, 0.5) is 5.69 Å². The molecule has 0 spiro atoms. The zero-order valence-corrected chi connectivity index (χ0v) is 13.4. The van der Waals surface area contributed by atoms with E-state index < -0.39 is 10.0 Å². The van der Waals surface area contributed by atoms with Gasteiger partial charge in [0.2, 0.25) is 10.0 Å². The van der Waals surface area contributed by atoms with Crippen LogP contribution in [0.15, 0.2) is 17.0 Å². The van der Waals surface area contributed by atoms with Crippen molar-refractivity contribution in [3.8, 4) is 0 Å². The van der Waals surface area contributed by atoms with Crippen LogP contribution in [-0.4, -0.2) is 26.2 Å². The minimum absolute atomic E-state index is 0.201. The van der Waals surface area contributed by atoms with E-state index in [0.29, 0.717) is 18.7 Å². The summed E-state index contributed by atoms with van der Waals surface area (Å²) in [7, 11) is -3.55. The maximum atomic E-state index is 12.3. The van der Waals surface area contributed by atoms with Crippen molar-refractivity contribution >= 4 is 15.7 Å². The predicted octanol–water partition coefficient (Wildman–Crippen LogP) is 1.72. The molecule has 0 radical (unpaired) electrons. The molecule has 0 aliphatic heterocycles. The van der Waals surface area contributed by atoms with Gasteiger partial charge < -0.3 is 10.8 Å². The molecule has 1 fully saturated rings. The molecule has 6 heteroatoms. The Hall–Kier alpha value is -1.11. The Bertz CT molecular complexity index is 590. The average Bonchev–Trinajstić information content (AvgIpc) is 2.42. The van der Waals surface area contributed by atoms with Crippen molar-refractivity contribution in [2.75, 3.05) is 12.3 Å². The topological polar surface area (TPSA) is 92.4 Å². The van der Waals surface area contributed by atoms with Gasteiger partial charge in [0.15, 0.2) is 0 Å². The number of nitrogens with two attached hydrogens (primary N) is 1. The number of sulfonamides is 1. The van der Waals surface area contributed by atoms with E-state index in [9.17, 15) is 13.5 Å². The summed E-state index contributed by atoms with van der Waals surface area (Å²) < 4.78 is 27.3. The molecule has 5 nitrogen and oxygen atoms in total. The highest BCUT2D eigenvalue weighted by atomic mass is 32.2. The molecule has 4 N–H and O–H groups in total. The van der Waals surface area contributed by atoms with E-state index in [4.69, 9.17) is 5.73 Å². The molecule has 1 aliphatic carbocycles. The SMILES string of the molecule is Cc1cc(S(=O)(=O)NCC2CCCC(O)C2)cc(N)c1C. The average molecular weight is 312 g/mol. The number of benzene rings is 1. The lowest BCUT2D eigenvalue weighted by Gasteiger charge is -2.25. The highest BCUT2D eigenvalue weighted by Crippen LogP contribution is 2.25. The molecule has 0 saturated heterocycles. The fraction of sp³-hybridized carbons (Fsp3) is 0.600. The van der Waals surface area contributed by atoms with Crippen LogP contribution in [0.3, 0.4) is 0 Å². The molecule has 1 aromatic rings. The van der Waals surface area contributed by atoms with Crippen LogP contribution in [0.2, 0.25) is 0 Å². The minimum Gasteiger partial charge on any atom is -0.398 e. The van der Waals surface area contributed by atoms with Gasteiger partial charge in [-0.15, -0.1) is 0 Å². The number of nitrogen functional groups attached to an aromatic ring is 1. The van der Waals surface area contributed by atoms with Crippen molar-refractivity contribution in [2.24, 2.45) is 5.92 Å². The van der Waals surface area contributed by atoms with Crippen LogP contribution in [0.5, 0.6) is 0 Å². The Morgan fingerprint density at radius 1 is 1.33 bits per heavy atom. The second-order valence-electron chi connectivity index (χ2n) is 5.99. The summed E-state index contributed by atoms with van der Waals surface area (Å²) in [5, 5.41) is 9.64. The second-order valence-corrected chi connectivity index (χ2v) is 7.76. The Kier molecular flexibility index (Phi) is 4.91. The smallest absolute Gasteiger partial charge is 0.240 e. The number of aryl methyl sites for hydroxylation is 1. The van der Waals surface area contributed by atoms with E-state index in [2.05, 4.69) is 4.72 Å². The molecule has 2 atom stereocenters. The monoisotopic (exact) mass is 312 g/mol. The molecule has 0 bridgehead atoms. The van der Waals surface area contributed by atoms with Gasteiger partial charge in [0.25, 0.3) is 0 Å². The van der Waals surface area contributed by atoms with E-state index in [0.717, 1.165) is 30.4 Å². The third kappa shape index (κ3) is 3.96. The number of rotatable bonds is 4. The van der Waals surface area contributed by atoms with Gasteiger partial charge in [-0.05, 0) is 62.3 Å². The molecule has 1 aliphatic rings. The van der Waals surface area contributed by atoms with Crippen molar-refractivity contribution in [2.45, 2.75) is 50.5 Å². The zero-order valence-electron chi connectivity index (χ0n) is 12.6. The van der Waals surface area contributed by atoms with Crippen LogP contribution < -0.4 is 10.5 Å². The van der Waals surface area contributed by atoms with E-state index in [1.165, 1.54) is 6.07 Å². The van der Waals surface area contributed by atoms with Crippen LogP contribution in [0.1, 0.15) is 36.8 Å². The van der Waals surface area contributed by atoms with Crippen molar-refractivity contribution in [1.29, 1.82) is 0 Å². The number of aliphatic hydroxyl groups excluding tert-OH is 1. The summed E-state index contributed by atoms with van der Waals surface area (Å²) in [6, 6.07) is 3.14. The minimum atomic E-state index is -3.55. The molecule has 1 saturated carbocycles. The second kappa shape index (κ2) is 6.34. The summed E-state index contributed by atoms with van der Waals surface area (Å²) in [5.41, 5.74) is 8.11. The highest BCUT2D eigenvalue weighted by molar-refractivity contribution is 7.89. The molecule has 0 heterocycles. The number of nitrogens with one attached hydrogen (secondary N) is 1. The Balaban J connectivity index is 2.08. The van der Waals surface area contributed by atoms with Gasteiger partial charge in [-0.3, -0.25) is 0 Å². The van der Waals surface area contributed by atoms with Crippen molar-refractivity contribution in [1.82, 2.24) is 4.72 Å². The number of aliphatic hydroxyl groups is 1. The lowest BCUT2D eigenvalue weighted by molar-refractivity contribution is 0.102. The highest BCUT2D eigenvalue weighted by Gasteiger charge is 2.23. The van der Waals surface area contributed by atoms with Gasteiger partial charge in [-0.25, -0.2) is 13.1 Å². The molecule has 2 rings (SSSR count). The summed E-state index contributed by atoms with van der Waals surface area (Å²) in [5.74, 6) is 0.201. The predicted molar refractivity (Wildman–Crippen MR) is 83.5 cm³/mol. The molecule has 0 aromatic heterocycles. The lowest BCUT2D eigenvalue weighted by Crippen LogP contribution is -2.33. The lowest BCUT2D eigenvalue weighted by atomic mass is 9.87. The van der Waals surface area contributed by atoms with Crippen molar-refractivity contribution in [3.05, 3.63) is 23.3 Å². The quantitative estimate of drug-likeness (QED) is 0.738. The summed E-state index contributed by atoms with van der Waals surface area (Å²) in [6.07, 6.45) is 3.08. The third-order valence-electron chi connectivity index (χ3n) is 4.31. The molecule has 21 heavy (non-hydrogen) atoms. The first-order valence-electron chi connectivity index (χ1n) is 7.34. The Morgan fingerprint density at radius 3 is 2.67 bits per heavy atom. The first-order chi connectivity index (χ1) is 9.79. The fourth-order valence-corrected chi connectivity index (χ4v) is 4.00. The molecule has 2 unspecified atom stereocenters. The van der Waals surface area contributed by atoms with E-state index >= 15 is 0 Å².